The molecule has 9 nitrogen and oxygen atoms in total. The molecule has 2 aromatic rings. The van der Waals surface area contributed by atoms with Crippen LogP contribution in [-0.4, -0.2) is 37.2 Å². The van der Waals surface area contributed by atoms with E-state index in [1.54, 1.807) is 46.1 Å². The van der Waals surface area contributed by atoms with Crippen LogP contribution in [-0.2, 0) is 14.8 Å². The van der Waals surface area contributed by atoms with Gasteiger partial charge in [0.15, 0.2) is 0 Å². The van der Waals surface area contributed by atoms with Crippen LogP contribution in [0.3, 0.4) is 0 Å². The predicted molar refractivity (Wildman–Crippen MR) is 113 cm³/mol. The van der Waals surface area contributed by atoms with Crippen LogP contribution in [0.2, 0.25) is 0 Å². The van der Waals surface area contributed by atoms with E-state index in [1.807, 2.05) is 13.8 Å². The van der Waals surface area contributed by atoms with Crippen LogP contribution in [0, 0.1) is 5.41 Å². The normalized spacial score (nSPS) is 18.3. The molecule has 2 N–H and O–H groups in total. The van der Waals surface area contributed by atoms with Crippen molar-refractivity contribution in [3.05, 3.63) is 23.8 Å². The highest BCUT2D eigenvalue weighted by Crippen LogP contribution is 2.42. The van der Waals surface area contributed by atoms with Gasteiger partial charge in [-0.15, -0.1) is 10.2 Å². The van der Waals surface area contributed by atoms with Crippen molar-refractivity contribution in [2.45, 2.75) is 57.0 Å². The Morgan fingerprint density at radius 2 is 2.00 bits per heavy atom. The average molecular weight is 455 g/mol. The third kappa shape index (κ3) is 4.90. The Bertz CT molecular complexity index is 1060. The second kappa shape index (κ2) is 7.78. The molecule has 3 rings (SSSR count). The SMILES string of the molecule is COc1ccc2c(c1)OC(C)(C)C[C@@H]2NS(=O)(=O)c1nnc(NC(=O)C(C)(C)C)s1. The number of hydrogen-bond acceptors (Lipinski definition) is 8. The molecular formula is C19H26N4O5S2. The Hall–Kier alpha value is -2.24. The third-order valence-corrected chi connectivity index (χ3v) is 7.19. The first kappa shape index (κ1) is 22.4. The maximum Gasteiger partial charge on any atom is 0.270 e. The highest BCUT2D eigenvalue weighted by atomic mass is 32.2. The van der Waals surface area contributed by atoms with Gasteiger partial charge in [-0.2, -0.15) is 0 Å². The van der Waals surface area contributed by atoms with E-state index in [4.69, 9.17) is 9.47 Å². The molecule has 0 radical (unpaired) electrons. The minimum absolute atomic E-state index is 0.132. The molecule has 0 unspecified atom stereocenters. The molecule has 2 heterocycles. The monoisotopic (exact) mass is 454 g/mol. The minimum atomic E-state index is -3.96. The van der Waals surface area contributed by atoms with Crippen molar-refractivity contribution in [3.8, 4) is 11.5 Å². The van der Waals surface area contributed by atoms with E-state index in [2.05, 4.69) is 20.2 Å². The fourth-order valence-corrected chi connectivity index (χ4v) is 5.08. The number of hydrogen-bond donors (Lipinski definition) is 2. The zero-order chi connectivity index (χ0) is 22.3. The van der Waals surface area contributed by atoms with Gasteiger partial charge < -0.3 is 14.8 Å². The summed E-state index contributed by atoms with van der Waals surface area (Å²) < 4.78 is 39.7. The molecule has 1 aromatic carbocycles. The number of anilines is 1. The van der Waals surface area contributed by atoms with E-state index < -0.39 is 27.1 Å². The standard InChI is InChI=1S/C19H26N4O5S2/c1-18(2,3)15(24)20-16-21-22-17(29-16)30(25,26)23-13-10-19(4,5)28-14-9-11(27-6)7-8-12(13)14/h7-9,13,23H,10H2,1-6H3,(H,20,21,24)/t13-/m0/s1. The molecule has 0 bridgehead atoms. The number of aromatic nitrogens is 2. The quantitative estimate of drug-likeness (QED) is 0.666. The van der Waals surface area contributed by atoms with Crippen molar-refractivity contribution in [1.82, 2.24) is 14.9 Å². The van der Waals surface area contributed by atoms with Crippen LogP contribution in [0.1, 0.15) is 52.6 Å². The summed E-state index contributed by atoms with van der Waals surface area (Å²) in [5, 5.41) is 10.3. The van der Waals surface area contributed by atoms with Gasteiger partial charge in [0.1, 0.15) is 17.1 Å². The van der Waals surface area contributed by atoms with Crippen LogP contribution in [0.15, 0.2) is 22.5 Å². The van der Waals surface area contributed by atoms with Crippen LogP contribution < -0.4 is 19.5 Å². The van der Waals surface area contributed by atoms with Gasteiger partial charge in [0.05, 0.1) is 13.2 Å². The lowest BCUT2D eigenvalue weighted by Crippen LogP contribution is -2.41. The molecule has 1 amide bonds. The molecule has 1 aromatic heterocycles. The Labute approximate surface area is 180 Å². The first-order valence-corrected chi connectivity index (χ1v) is 11.6. The second-order valence-electron chi connectivity index (χ2n) is 8.72. The summed E-state index contributed by atoms with van der Waals surface area (Å²) in [7, 11) is -2.41. The summed E-state index contributed by atoms with van der Waals surface area (Å²) >= 11 is 0.804. The lowest BCUT2D eigenvalue weighted by atomic mass is 9.90. The molecule has 0 aliphatic carbocycles. The number of ether oxygens (including phenoxy) is 2. The van der Waals surface area contributed by atoms with E-state index in [0.717, 1.165) is 11.3 Å². The molecule has 1 atom stereocenters. The van der Waals surface area contributed by atoms with E-state index in [-0.39, 0.29) is 15.4 Å². The van der Waals surface area contributed by atoms with Crippen molar-refractivity contribution in [2.24, 2.45) is 5.41 Å². The van der Waals surface area contributed by atoms with Gasteiger partial charge in [0.25, 0.3) is 10.0 Å². The number of amides is 1. The fourth-order valence-electron chi connectivity index (χ4n) is 2.96. The second-order valence-corrected chi connectivity index (χ2v) is 11.6. The Kier molecular flexibility index (Phi) is 5.82. The number of nitrogens with zero attached hydrogens (tertiary/aromatic N) is 2. The molecule has 11 heteroatoms. The lowest BCUT2D eigenvalue weighted by molar-refractivity contribution is -0.123. The van der Waals surface area contributed by atoms with Gasteiger partial charge in [-0.1, -0.05) is 38.2 Å². The maximum atomic E-state index is 13.0. The fraction of sp³-hybridized carbons (Fsp3) is 0.526. The van der Waals surface area contributed by atoms with E-state index >= 15 is 0 Å². The number of nitrogens with one attached hydrogen (secondary N) is 2. The number of carbonyl (C=O) groups is 1. The number of sulfonamides is 1. The van der Waals surface area contributed by atoms with Crippen molar-refractivity contribution in [1.29, 1.82) is 0 Å². The third-order valence-electron chi connectivity index (χ3n) is 4.51. The summed E-state index contributed by atoms with van der Waals surface area (Å²) in [6.07, 6.45) is 0.429. The Morgan fingerprint density at radius 3 is 2.63 bits per heavy atom. The zero-order valence-corrected chi connectivity index (χ0v) is 19.4. The molecule has 1 aliphatic rings. The number of carbonyl (C=O) groups excluding carboxylic acids is 1. The molecule has 164 valence electrons. The van der Waals surface area contributed by atoms with Crippen LogP contribution >= 0.6 is 11.3 Å². The molecule has 0 saturated carbocycles. The van der Waals surface area contributed by atoms with E-state index in [0.29, 0.717) is 23.5 Å². The number of benzene rings is 1. The van der Waals surface area contributed by atoms with Crippen LogP contribution in [0.4, 0.5) is 5.13 Å². The first-order valence-electron chi connectivity index (χ1n) is 9.35. The smallest absolute Gasteiger partial charge is 0.270 e. The maximum absolute atomic E-state index is 13.0. The largest absolute Gasteiger partial charge is 0.497 e. The highest BCUT2D eigenvalue weighted by Gasteiger charge is 2.37. The summed E-state index contributed by atoms with van der Waals surface area (Å²) in [5.41, 5.74) is -0.509. The van der Waals surface area contributed by atoms with Crippen molar-refractivity contribution >= 4 is 32.4 Å². The predicted octanol–water partition coefficient (Wildman–Crippen LogP) is 3.11. The summed E-state index contributed by atoms with van der Waals surface area (Å²) in [5.74, 6) is 0.912. The summed E-state index contributed by atoms with van der Waals surface area (Å²) in [6, 6.07) is 4.76. The van der Waals surface area contributed by atoms with Crippen LogP contribution in [0.5, 0.6) is 11.5 Å². The Balaban J connectivity index is 1.85. The number of methoxy groups -OCH3 is 1. The zero-order valence-electron chi connectivity index (χ0n) is 17.8. The van der Waals surface area contributed by atoms with Gasteiger partial charge in [-0.05, 0) is 19.9 Å². The summed E-state index contributed by atoms with van der Waals surface area (Å²) in [6.45, 7) is 9.04. The van der Waals surface area contributed by atoms with Crippen molar-refractivity contribution < 1.29 is 22.7 Å². The molecule has 0 spiro atoms. The van der Waals surface area contributed by atoms with Crippen molar-refractivity contribution in [3.63, 3.8) is 0 Å². The Morgan fingerprint density at radius 1 is 1.30 bits per heavy atom. The van der Waals surface area contributed by atoms with Gasteiger partial charge in [-0.3, -0.25) is 4.79 Å². The van der Waals surface area contributed by atoms with Gasteiger partial charge >= 0.3 is 0 Å². The minimum Gasteiger partial charge on any atom is -0.497 e. The number of rotatable bonds is 5. The molecule has 0 fully saturated rings. The first-order chi connectivity index (χ1) is 13.8. The van der Waals surface area contributed by atoms with E-state index in [9.17, 15) is 13.2 Å². The van der Waals surface area contributed by atoms with Gasteiger partial charge in [-0.25, -0.2) is 13.1 Å². The van der Waals surface area contributed by atoms with Gasteiger partial charge in [0, 0.05) is 23.5 Å². The molecule has 1 aliphatic heterocycles. The topological polar surface area (TPSA) is 120 Å². The molecular weight excluding hydrogens is 428 g/mol. The lowest BCUT2D eigenvalue weighted by Gasteiger charge is -2.37. The van der Waals surface area contributed by atoms with Crippen molar-refractivity contribution in [2.75, 3.05) is 12.4 Å². The molecule has 0 saturated heterocycles. The van der Waals surface area contributed by atoms with Crippen LogP contribution in [0.25, 0.3) is 0 Å². The summed E-state index contributed by atoms with van der Waals surface area (Å²) in [4.78, 5) is 12.1. The number of fused-ring (bicyclic) bond motifs is 1. The van der Waals surface area contributed by atoms with E-state index in [1.165, 1.54) is 0 Å². The van der Waals surface area contributed by atoms with Gasteiger partial charge in [0.2, 0.25) is 15.4 Å². The molecule has 30 heavy (non-hydrogen) atoms. The highest BCUT2D eigenvalue weighted by molar-refractivity contribution is 7.91. The average Bonchev–Trinajstić information content (AvgIpc) is 3.08.